The highest BCUT2D eigenvalue weighted by atomic mass is 19.1. The van der Waals surface area contributed by atoms with E-state index in [4.69, 9.17) is 4.74 Å². The second-order valence-electron chi connectivity index (χ2n) is 4.88. The van der Waals surface area contributed by atoms with Crippen molar-refractivity contribution >= 4 is 23.1 Å². The fraction of sp³-hybridized carbons (Fsp3) is 0.118. The van der Waals surface area contributed by atoms with Crippen LogP contribution in [-0.4, -0.2) is 21.8 Å². The van der Waals surface area contributed by atoms with E-state index in [0.717, 1.165) is 11.4 Å². The van der Waals surface area contributed by atoms with Crippen molar-refractivity contribution in [2.24, 2.45) is 0 Å². The lowest BCUT2D eigenvalue weighted by Crippen LogP contribution is -2.02. The number of hydrogen-bond acceptors (Lipinski definition) is 6. The number of rotatable bonds is 6. The van der Waals surface area contributed by atoms with Crippen LogP contribution in [0.3, 0.4) is 0 Å². The molecule has 3 aromatic rings. The lowest BCUT2D eigenvalue weighted by Gasteiger charge is -2.08. The van der Waals surface area contributed by atoms with Crippen LogP contribution in [0.15, 0.2) is 54.7 Å². The van der Waals surface area contributed by atoms with Gasteiger partial charge in [0.1, 0.15) is 11.6 Å². The van der Waals surface area contributed by atoms with Gasteiger partial charge >= 0.3 is 0 Å². The first-order valence-electron chi connectivity index (χ1n) is 7.45. The highest BCUT2D eigenvalue weighted by Crippen LogP contribution is 2.19. The van der Waals surface area contributed by atoms with Crippen LogP contribution in [-0.2, 0) is 0 Å². The van der Waals surface area contributed by atoms with Crippen LogP contribution in [0.4, 0.5) is 27.5 Å². The number of halogens is 1. The highest BCUT2D eigenvalue weighted by Gasteiger charge is 2.03. The largest absolute Gasteiger partial charge is 0.494 e. The van der Waals surface area contributed by atoms with Crippen molar-refractivity contribution in [2.45, 2.75) is 6.92 Å². The molecule has 6 nitrogen and oxygen atoms in total. The summed E-state index contributed by atoms with van der Waals surface area (Å²) in [6, 6.07) is 13.4. The Morgan fingerprint density at radius 1 is 0.958 bits per heavy atom. The zero-order valence-corrected chi connectivity index (χ0v) is 13.0. The number of ether oxygens (including phenoxy) is 1. The van der Waals surface area contributed by atoms with Crippen LogP contribution in [0.25, 0.3) is 0 Å². The smallest absolute Gasteiger partial charge is 0.249 e. The summed E-state index contributed by atoms with van der Waals surface area (Å²) < 4.78 is 18.3. The Kier molecular flexibility index (Phi) is 4.81. The molecule has 0 atom stereocenters. The number of hydrogen-bond donors (Lipinski definition) is 2. The summed E-state index contributed by atoms with van der Waals surface area (Å²) in [5.41, 5.74) is 1.53. The van der Waals surface area contributed by atoms with Gasteiger partial charge in [0.25, 0.3) is 0 Å². The van der Waals surface area contributed by atoms with E-state index in [1.807, 2.05) is 31.2 Å². The van der Waals surface area contributed by atoms with Crippen molar-refractivity contribution in [1.29, 1.82) is 0 Å². The maximum atomic E-state index is 12.9. The van der Waals surface area contributed by atoms with E-state index in [9.17, 15) is 4.39 Å². The Morgan fingerprint density at radius 3 is 2.33 bits per heavy atom. The first kappa shape index (κ1) is 15.7. The van der Waals surface area contributed by atoms with Gasteiger partial charge in [0, 0.05) is 11.4 Å². The molecule has 24 heavy (non-hydrogen) atoms. The predicted molar refractivity (Wildman–Crippen MR) is 90.4 cm³/mol. The first-order valence-corrected chi connectivity index (χ1v) is 7.45. The third-order valence-corrected chi connectivity index (χ3v) is 3.10. The van der Waals surface area contributed by atoms with E-state index in [2.05, 4.69) is 25.8 Å². The Balaban J connectivity index is 1.69. The monoisotopic (exact) mass is 325 g/mol. The van der Waals surface area contributed by atoms with E-state index in [-0.39, 0.29) is 5.82 Å². The topological polar surface area (TPSA) is 72.0 Å². The summed E-state index contributed by atoms with van der Waals surface area (Å²) in [4.78, 5) is 4.32. The number of nitrogens with zero attached hydrogens (tertiary/aromatic N) is 3. The predicted octanol–water partition coefficient (Wildman–Crippen LogP) is 3.90. The number of nitrogens with one attached hydrogen (secondary N) is 2. The Bertz CT molecular complexity index is 793. The second kappa shape index (κ2) is 7.36. The van der Waals surface area contributed by atoms with E-state index in [1.54, 1.807) is 12.1 Å². The average Bonchev–Trinajstić information content (AvgIpc) is 2.59. The molecule has 7 heteroatoms. The summed E-state index contributed by atoms with van der Waals surface area (Å²) in [5, 5.41) is 14.0. The molecule has 2 aromatic carbocycles. The van der Waals surface area contributed by atoms with Gasteiger partial charge in [0.15, 0.2) is 5.82 Å². The standard InChI is InChI=1S/C17H16FN5O/c1-2-24-15-9-7-14(8-10-15)21-17-22-16(11-19-23-17)20-13-5-3-12(18)4-6-13/h3-11H,2H2,1H3,(H2,20,21,22,23). The van der Waals surface area contributed by atoms with Crippen molar-refractivity contribution in [2.75, 3.05) is 17.2 Å². The van der Waals surface area contributed by atoms with E-state index in [1.165, 1.54) is 18.3 Å². The fourth-order valence-corrected chi connectivity index (χ4v) is 2.03. The van der Waals surface area contributed by atoms with Crippen LogP contribution in [0.5, 0.6) is 5.75 Å². The maximum absolute atomic E-state index is 12.9. The minimum absolute atomic E-state index is 0.292. The van der Waals surface area contributed by atoms with Crippen molar-refractivity contribution in [3.05, 3.63) is 60.5 Å². The molecule has 0 radical (unpaired) electrons. The molecular weight excluding hydrogens is 309 g/mol. The molecule has 0 spiro atoms. The van der Waals surface area contributed by atoms with Gasteiger partial charge in [-0.3, -0.25) is 0 Å². The van der Waals surface area contributed by atoms with Crippen LogP contribution in [0.1, 0.15) is 6.92 Å². The van der Waals surface area contributed by atoms with E-state index < -0.39 is 0 Å². The summed E-state index contributed by atoms with van der Waals surface area (Å²) >= 11 is 0. The number of benzene rings is 2. The van der Waals surface area contributed by atoms with Gasteiger partial charge in [0.05, 0.1) is 12.8 Å². The molecule has 0 aliphatic rings. The van der Waals surface area contributed by atoms with Crippen LogP contribution in [0, 0.1) is 5.82 Å². The molecule has 0 aliphatic heterocycles. The molecule has 0 fully saturated rings. The molecule has 0 bridgehead atoms. The summed E-state index contributed by atoms with van der Waals surface area (Å²) in [6.07, 6.45) is 1.49. The fourth-order valence-electron chi connectivity index (χ4n) is 2.03. The Labute approximate surface area is 138 Å². The van der Waals surface area contributed by atoms with E-state index in [0.29, 0.717) is 24.1 Å². The first-order chi connectivity index (χ1) is 11.7. The van der Waals surface area contributed by atoms with Crippen LogP contribution in [0.2, 0.25) is 0 Å². The Morgan fingerprint density at radius 2 is 1.62 bits per heavy atom. The molecule has 0 amide bonds. The van der Waals surface area contributed by atoms with Gasteiger partial charge in [-0.05, 0) is 55.5 Å². The number of aromatic nitrogens is 3. The molecule has 0 aliphatic carbocycles. The average molecular weight is 325 g/mol. The normalized spacial score (nSPS) is 10.2. The van der Waals surface area contributed by atoms with Gasteiger partial charge in [-0.25, -0.2) is 4.39 Å². The zero-order chi connectivity index (χ0) is 16.8. The minimum Gasteiger partial charge on any atom is -0.494 e. The van der Waals surface area contributed by atoms with Gasteiger partial charge in [0.2, 0.25) is 5.95 Å². The van der Waals surface area contributed by atoms with Crippen LogP contribution >= 0.6 is 0 Å². The quantitative estimate of drug-likeness (QED) is 0.716. The molecule has 2 N–H and O–H groups in total. The van der Waals surface area contributed by atoms with Gasteiger partial charge in [-0.2, -0.15) is 10.1 Å². The SMILES string of the molecule is CCOc1ccc(Nc2nncc(Nc3ccc(F)cc3)n2)cc1. The second-order valence-corrected chi connectivity index (χ2v) is 4.88. The Hall–Kier alpha value is -3.22. The van der Waals surface area contributed by atoms with Crippen molar-refractivity contribution in [3.8, 4) is 5.75 Å². The molecule has 0 saturated heterocycles. The summed E-state index contributed by atoms with van der Waals surface area (Å²) in [5.74, 6) is 1.37. The van der Waals surface area contributed by atoms with Crippen molar-refractivity contribution < 1.29 is 9.13 Å². The zero-order valence-electron chi connectivity index (χ0n) is 13.0. The molecule has 0 unspecified atom stereocenters. The van der Waals surface area contributed by atoms with Crippen molar-refractivity contribution in [1.82, 2.24) is 15.2 Å². The van der Waals surface area contributed by atoms with Gasteiger partial charge in [-0.1, -0.05) is 0 Å². The molecule has 1 aromatic heterocycles. The highest BCUT2D eigenvalue weighted by molar-refractivity contribution is 5.58. The molecular formula is C17H16FN5O. The van der Waals surface area contributed by atoms with Gasteiger partial charge in [-0.15, -0.1) is 5.10 Å². The molecule has 122 valence electrons. The van der Waals surface area contributed by atoms with Crippen LogP contribution < -0.4 is 15.4 Å². The summed E-state index contributed by atoms with van der Waals surface area (Å²) in [6.45, 7) is 2.56. The minimum atomic E-state index is -0.292. The van der Waals surface area contributed by atoms with Crippen molar-refractivity contribution in [3.63, 3.8) is 0 Å². The summed E-state index contributed by atoms with van der Waals surface area (Å²) in [7, 11) is 0. The molecule has 1 heterocycles. The molecule has 0 saturated carbocycles. The maximum Gasteiger partial charge on any atom is 0.249 e. The lowest BCUT2D eigenvalue weighted by atomic mass is 10.3. The lowest BCUT2D eigenvalue weighted by molar-refractivity contribution is 0.340. The van der Waals surface area contributed by atoms with E-state index >= 15 is 0 Å². The number of anilines is 4. The third-order valence-electron chi connectivity index (χ3n) is 3.10. The third kappa shape index (κ3) is 4.16. The van der Waals surface area contributed by atoms with Gasteiger partial charge < -0.3 is 15.4 Å². The molecule has 3 rings (SSSR count).